The van der Waals surface area contributed by atoms with E-state index in [1.807, 2.05) is 12.1 Å². The maximum atomic E-state index is 6.00. The molecule has 108 valence electrons. The number of hydrogen-bond acceptors (Lipinski definition) is 3. The number of aromatic nitrogens is 1. The van der Waals surface area contributed by atoms with E-state index in [9.17, 15) is 0 Å². The minimum atomic E-state index is 0.233. The van der Waals surface area contributed by atoms with Crippen LogP contribution in [0.5, 0.6) is 0 Å². The average molecular weight is 272 g/mol. The third-order valence-electron chi connectivity index (χ3n) is 4.18. The van der Waals surface area contributed by atoms with Crippen molar-refractivity contribution in [3.05, 3.63) is 35.5 Å². The molecule has 0 spiro atoms. The van der Waals surface area contributed by atoms with Crippen LogP contribution < -0.4 is 5.73 Å². The van der Waals surface area contributed by atoms with E-state index in [1.165, 1.54) is 5.56 Å². The van der Waals surface area contributed by atoms with Gasteiger partial charge in [-0.1, -0.05) is 57.1 Å². The van der Waals surface area contributed by atoms with Gasteiger partial charge in [-0.15, -0.1) is 0 Å². The molecule has 1 aromatic heterocycles. The van der Waals surface area contributed by atoms with Crippen molar-refractivity contribution < 1.29 is 4.52 Å². The van der Waals surface area contributed by atoms with E-state index in [1.54, 1.807) is 0 Å². The maximum absolute atomic E-state index is 6.00. The van der Waals surface area contributed by atoms with Gasteiger partial charge in [-0.05, 0) is 35.8 Å². The SMILES string of the molecule is Cc1ccccc1-c1c(CC(C)C(C)(C)C)noc1N. The molecule has 1 aromatic carbocycles. The van der Waals surface area contributed by atoms with Crippen LogP contribution in [0.15, 0.2) is 28.8 Å². The first-order valence-corrected chi connectivity index (χ1v) is 7.10. The molecule has 2 rings (SSSR count). The first-order valence-electron chi connectivity index (χ1n) is 7.10. The molecule has 2 aromatic rings. The number of aryl methyl sites for hydroxylation is 1. The molecule has 0 aliphatic heterocycles. The highest BCUT2D eigenvalue weighted by molar-refractivity contribution is 5.77. The van der Waals surface area contributed by atoms with Crippen LogP contribution in [0.1, 0.15) is 39.0 Å². The van der Waals surface area contributed by atoms with Gasteiger partial charge in [0.1, 0.15) is 0 Å². The fraction of sp³-hybridized carbons (Fsp3) is 0.471. The van der Waals surface area contributed by atoms with E-state index in [-0.39, 0.29) is 5.41 Å². The third kappa shape index (κ3) is 2.87. The lowest BCUT2D eigenvalue weighted by Crippen LogP contribution is -2.19. The van der Waals surface area contributed by atoms with Gasteiger partial charge >= 0.3 is 0 Å². The Hall–Kier alpha value is -1.77. The summed E-state index contributed by atoms with van der Waals surface area (Å²) in [7, 11) is 0. The van der Waals surface area contributed by atoms with Crippen LogP contribution >= 0.6 is 0 Å². The standard InChI is InChI=1S/C17H24N2O/c1-11-8-6-7-9-13(11)15-14(19-20-16(15)18)10-12(2)17(3,4)5/h6-9,12H,10,18H2,1-5H3. The monoisotopic (exact) mass is 272 g/mol. The molecule has 0 bridgehead atoms. The Bertz CT molecular complexity index is 593. The zero-order valence-corrected chi connectivity index (χ0v) is 13.0. The Kier molecular flexibility index (Phi) is 3.89. The predicted octanol–water partition coefficient (Wildman–Crippen LogP) is 4.46. The van der Waals surface area contributed by atoms with Crippen LogP contribution in [0.3, 0.4) is 0 Å². The van der Waals surface area contributed by atoms with Gasteiger partial charge in [0.2, 0.25) is 5.88 Å². The van der Waals surface area contributed by atoms with Gasteiger partial charge in [0.15, 0.2) is 0 Å². The lowest BCUT2D eigenvalue weighted by molar-refractivity contribution is 0.255. The number of anilines is 1. The van der Waals surface area contributed by atoms with Crippen molar-refractivity contribution in [1.29, 1.82) is 0 Å². The molecule has 1 atom stereocenters. The lowest BCUT2D eigenvalue weighted by Gasteiger charge is -2.26. The normalized spacial score (nSPS) is 13.4. The summed E-state index contributed by atoms with van der Waals surface area (Å²) < 4.78 is 5.25. The second kappa shape index (κ2) is 5.31. The number of benzene rings is 1. The fourth-order valence-corrected chi connectivity index (χ4v) is 2.21. The highest BCUT2D eigenvalue weighted by Crippen LogP contribution is 2.36. The molecule has 1 unspecified atom stereocenters. The summed E-state index contributed by atoms with van der Waals surface area (Å²) >= 11 is 0. The molecule has 0 fully saturated rings. The third-order valence-corrected chi connectivity index (χ3v) is 4.18. The quantitative estimate of drug-likeness (QED) is 0.897. The Balaban J connectivity index is 2.41. The Morgan fingerprint density at radius 3 is 2.50 bits per heavy atom. The smallest absolute Gasteiger partial charge is 0.230 e. The minimum absolute atomic E-state index is 0.233. The van der Waals surface area contributed by atoms with E-state index < -0.39 is 0 Å². The molecule has 0 saturated carbocycles. The number of hydrogen-bond donors (Lipinski definition) is 1. The second-order valence-corrected chi connectivity index (χ2v) is 6.65. The van der Waals surface area contributed by atoms with Crippen molar-refractivity contribution in [2.24, 2.45) is 11.3 Å². The van der Waals surface area contributed by atoms with E-state index >= 15 is 0 Å². The molecule has 0 amide bonds. The fourth-order valence-electron chi connectivity index (χ4n) is 2.21. The summed E-state index contributed by atoms with van der Waals surface area (Å²) in [6.45, 7) is 11.1. The molecule has 2 N–H and O–H groups in total. The molecule has 0 saturated heterocycles. The van der Waals surface area contributed by atoms with Crippen LogP contribution in [0.2, 0.25) is 0 Å². The summed E-state index contributed by atoms with van der Waals surface area (Å²) in [5.41, 5.74) is 10.4. The second-order valence-electron chi connectivity index (χ2n) is 6.65. The summed E-state index contributed by atoms with van der Waals surface area (Å²) in [4.78, 5) is 0. The van der Waals surface area contributed by atoms with E-state index in [0.29, 0.717) is 11.8 Å². The minimum Gasteiger partial charge on any atom is -0.367 e. The Labute approximate surface area is 121 Å². The Morgan fingerprint density at radius 2 is 1.90 bits per heavy atom. The predicted molar refractivity (Wildman–Crippen MR) is 83.4 cm³/mol. The molecule has 20 heavy (non-hydrogen) atoms. The van der Waals surface area contributed by atoms with Crippen LogP contribution in [0.25, 0.3) is 11.1 Å². The first kappa shape index (κ1) is 14.6. The van der Waals surface area contributed by atoms with Crippen LogP contribution in [-0.2, 0) is 6.42 Å². The summed E-state index contributed by atoms with van der Waals surface area (Å²) in [5, 5.41) is 4.19. The summed E-state index contributed by atoms with van der Waals surface area (Å²) in [6.07, 6.45) is 0.869. The van der Waals surface area contributed by atoms with Crippen molar-refractivity contribution >= 4 is 5.88 Å². The highest BCUT2D eigenvalue weighted by atomic mass is 16.5. The van der Waals surface area contributed by atoms with Crippen molar-refractivity contribution in [1.82, 2.24) is 5.16 Å². The molecule has 3 heteroatoms. The lowest BCUT2D eigenvalue weighted by atomic mass is 9.79. The van der Waals surface area contributed by atoms with E-state index in [2.05, 4.69) is 51.9 Å². The number of nitrogens with two attached hydrogens (primary N) is 1. The Morgan fingerprint density at radius 1 is 1.25 bits per heavy atom. The average Bonchev–Trinajstić information content (AvgIpc) is 2.70. The van der Waals surface area contributed by atoms with Crippen molar-refractivity contribution in [3.8, 4) is 11.1 Å². The first-order chi connectivity index (χ1) is 9.30. The van der Waals surface area contributed by atoms with Gasteiger partial charge < -0.3 is 10.3 Å². The van der Waals surface area contributed by atoms with Gasteiger partial charge in [-0.3, -0.25) is 0 Å². The van der Waals surface area contributed by atoms with Crippen molar-refractivity contribution in [3.63, 3.8) is 0 Å². The topological polar surface area (TPSA) is 52.0 Å². The van der Waals surface area contributed by atoms with Gasteiger partial charge in [-0.25, -0.2) is 0 Å². The summed E-state index contributed by atoms with van der Waals surface area (Å²) in [5.74, 6) is 0.908. The van der Waals surface area contributed by atoms with Crippen LogP contribution in [0, 0.1) is 18.3 Å². The van der Waals surface area contributed by atoms with Gasteiger partial charge in [-0.2, -0.15) is 0 Å². The zero-order chi connectivity index (χ0) is 14.9. The number of nitrogen functional groups attached to an aromatic ring is 1. The number of rotatable bonds is 3. The molecule has 3 nitrogen and oxygen atoms in total. The maximum Gasteiger partial charge on any atom is 0.230 e. The van der Waals surface area contributed by atoms with Crippen molar-refractivity contribution in [2.75, 3.05) is 5.73 Å². The van der Waals surface area contributed by atoms with Gasteiger partial charge in [0.05, 0.1) is 11.3 Å². The van der Waals surface area contributed by atoms with Crippen molar-refractivity contribution in [2.45, 2.75) is 41.0 Å². The molecule has 0 radical (unpaired) electrons. The highest BCUT2D eigenvalue weighted by Gasteiger charge is 2.25. The van der Waals surface area contributed by atoms with Gasteiger partial charge in [0, 0.05) is 0 Å². The molecule has 0 aliphatic rings. The van der Waals surface area contributed by atoms with Gasteiger partial charge in [0.25, 0.3) is 0 Å². The molecule has 1 heterocycles. The van der Waals surface area contributed by atoms with E-state index in [0.717, 1.165) is 23.2 Å². The van der Waals surface area contributed by atoms with Crippen LogP contribution in [0.4, 0.5) is 5.88 Å². The van der Waals surface area contributed by atoms with Crippen LogP contribution in [-0.4, -0.2) is 5.16 Å². The molecular formula is C17H24N2O. The zero-order valence-electron chi connectivity index (χ0n) is 13.0. The van der Waals surface area contributed by atoms with E-state index in [4.69, 9.17) is 10.3 Å². The summed E-state index contributed by atoms with van der Waals surface area (Å²) in [6, 6.07) is 8.20. The molecule has 0 aliphatic carbocycles. The molecular weight excluding hydrogens is 248 g/mol. The number of nitrogens with zero attached hydrogens (tertiary/aromatic N) is 1. The largest absolute Gasteiger partial charge is 0.367 e.